The minimum Gasteiger partial charge on any atom is -0.366 e. The Hall–Kier alpha value is -1.83. The Morgan fingerprint density at radius 3 is 2.25 bits per heavy atom. The highest BCUT2D eigenvalue weighted by molar-refractivity contribution is 6.40. The molecule has 0 saturated heterocycles. The molecule has 9 heteroatoms. The normalized spacial score (nSPS) is 12.9. The number of aliphatic hydroxyl groups is 1. The second-order valence-electron chi connectivity index (χ2n) is 5.82. The first kappa shape index (κ1) is 22.5. The lowest BCUT2D eigenvalue weighted by Crippen LogP contribution is -2.51. The van der Waals surface area contributed by atoms with Crippen molar-refractivity contribution in [3.8, 4) is 11.1 Å². The first-order valence-electron chi connectivity index (χ1n) is 8.26. The molecule has 150 valence electrons. The Morgan fingerprint density at radius 2 is 1.71 bits per heavy atom. The highest BCUT2D eigenvalue weighted by Crippen LogP contribution is 2.31. The lowest BCUT2D eigenvalue weighted by Gasteiger charge is -2.23. The molecule has 2 aromatic carbocycles. The van der Waals surface area contributed by atoms with Gasteiger partial charge in [-0.25, -0.2) is 0 Å². The van der Waals surface area contributed by atoms with Crippen LogP contribution in [0.3, 0.4) is 0 Å². The second kappa shape index (κ2) is 10.6. The van der Waals surface area contributed by atoms with E-state index in [0.717, 1.165) is 11.1 Å². The van der Waals surface area contributed by atoms with Gasteiger partial charge in [-0.3, -0.25) is 9.59 Å². The van der Waals surface area contributed by atoms with E-state index in [1.54, 1.807) is 12.1 Å². The fourth-order valence-corrected chi connectivity index (χ4v) is 3.24. The molecular weight excluding hydrogens is 427 g/mol. The van der Waals surface area contributed by atoms with Crippen LogP contribution in [0, 0.1) is 0 Å². The smallest absolute Gasteiger partial charge is 0.254 e. The number of rotatable bonds is 8. The van der Waals surface area contributed by atoms with Gasteiger partial charge in [0.25, 0.3) is 5.91 Å². The van der Waals surface area contributed by atoms with E-state index in [9.17, 15) is 14.7 Å². The molecule has 28 heavy (non-hydrogen) atoms. The number of carbonyl (C=O) groups excluding carboxylic acids is 2. The van der Waals surface area contributed by atoms with Gasteiger partial charge in [0.05, 0.1) is 21.7 Å². The molecule has 6 nitrogen and oxygen atoms in total. The standard InChI is InChI=1S/C19H19Cl3N2O4/c1-28-19(27)15(10-23-16(25)9-20)24-18(26)17-13(21)7-12(8-14(17)22)11-5-3-2-4-6-11/h2-8,15,19,27H,9-10H2,1H3,(H,23,25)(H,24,26)/t15-,19?/m0/s1. The Bertz CT molecular complexity index is 810. The molecule has 2 rings (SSSR count). The Labute approximate surface area is 177 Å². The Kier molecular flexibility index (Phi) is 8.54. The van der Waals surface area contributed by atoms with Gasteiger partial charge >= 0.3 is 0 Å². The lowest BCUT2D eigenvalue weighted by molar-refractivity contribution is -0.120. The predicted molar refractivity (Wildman–Crippen MR) is 110 cm³/mol. The van der Waals surface area contributed by atoms with Gasteiger partial charge in [-0.05, 0) is 23.3 Å². The topological polar surface area (TPSA) is 87.7 Å². The average Bonchev–Trinajstić information content (AvgIpc) is 2.70. The number of halogens is 3. The molecule has 2 atom stereocenters. The first-order valence-corrected chi connectivity index (χ1v) is 9.55. The first-order chi connectivity index (χ1) is 13.4. The summed E-state index contributed by atoms with van der Waals surface area (Å²) in [5.74, 6) is -1.31. The molecule has 0 aliphatic rings. The SMILES string of the molecule is COC(O)[C@H](CNC(=O)CCl)NC(=O)c1c(Cl)cc(-c2ccccc2)cc1Cl. The minimum absolute atomic E-state index is 0.0555. The highest BCUT2D eigenvalue weighted by Gasteiger charge is 2.25. The third-order valence-electron chi connectivity index (χ3n) is 3.92. The number of benzene rings is 2. The van der Waals surface area contributed by atoms with Crippen molar-refractivity contribution in [3.63, 3.8) is 0 Å². The molecule has 0 radical (unpaired) electrons. The number of aliphatic hydroxyl groups excluding tert-OH is 1. The summed E-state index contributed by atoms with van der Waals surface area (Å²) in [6, 6.07) is 11.8. The van der Waals surface area contributed by atoms with Crippen LogP contribution in [0.15, 0.2) is 42.5 Å². The van der Waals surface area contributed by atoms with E-state index in [4.69, 9.17) is 39.5 Å². The van der Waals surface area contributed by atoms with Crippen molar-refractivity contribution >= 4 is 46.6 Å². The van der Waals surface area contributed by atoms with Crippen molar-refractivity contribution in [3.05, 3.63) is 58.1 Å². The van der Waals surface area contributed by atoms with Crippen molar-refractivity contribution in [1.82, 2.24) is 10.6 Å². The van der Waals surface area contributed by atoms with Gasteiger partial charge < -0.3 is 20.5 Å². The van der Waals surface area contributed by atoms with E-state index in [2.05, 4.69) is 10.6 Å². The number of ether oxygens (including phenoxy) is 1. The van der Waals surface area contributed by atoms with E-state index >= 15 is 0 Å². The van der Waals surface area contributed by atoms with Crippen LogP contribution in [0.2, 0.25) is 10.0 Å². The number of amides is 2. The summed E-state index contributed by atoms with van der Waals surface area (Å²) in [6.07, 6.45) is -1.36. The van der Waals surface area contributed by atoms with Crippen LogP contribution in [0.25, 0.3) is 11.1 Å². The van der Waals surface area contributed by atoms with E-state index in [0.29, 0.717) is 0 Å². The largest absolute Gasteiger partial charge is 0.366 e. The van der Waals surface area contributed by atoms with Crippen LogP contribution in [0.1, 0.15) is 10.4 Å². The van der Waals surface area contributed by atoms with Gasteiger partial charge in [0.15, 0.2) is 6.29 Å². The van der Waals surface area contributed by atoms with E-state index in [1.165, 1.54) is 7.11 Å². The van der Waals surface area contributed by atoms with E-state index < -0.39 is 24.1 Å². The fraction of sp³-hybridized carbons (Fsp3) is 0.263. The zero-order chi connectivity index (χ0) is 20.7. The summed E-state index contributed by atoms with van der Waals surface area (Å²) < 4.78 is 4.84. The molecule has 0 aliphatic carbocycles. The molecule has 1 unspecified atom stereocenters. The third-order valence-corrected chi connectivity index (χ3v) is 4.76. The number of hydrogen-bond acceptors (Lipinski definition) is 4. The molecule has 0 aliphatic heterocycles. The number of methoxy groups -OCH3 is 1. The fourth-order valence-electron chi connectivity index (χ4n) is 2.49. The van der Waals surface area contributed by atoms with Gasteiger partial charge in [-0.1, -0.05) is 53.5 Å². The van der Waals surface area contributed by atoms with Crippen LogP contribution >= 0.6 is 34.8 Å². The maximum Gasteiger partial charge on any atom is 0.254 e. The average molecular weight is 446 g/mol. The molecular formula is C19H19Cl3N2O4. The molecule has 0 aromatic heterocycles. The number of carbonyl (C=O) groups is 2. The van der Waals surface area contributed by atoms with Crippen LogP contribution in [-0.2, 0) is 9.53 Å². The van der Waals surface area contributed by atoms with Crippen LogP contribution in [0.4, 0.5) is 0 Å². The summed E-state index contributed by atoms with van der Waals surface area (Å²) in [5.41, 5.74) is 1.71. The van der Waals surface area contributed by atoms with Gasteiger partial charge in [-0.2, -0.15) is 0 Å². The number of hydrogen-bond donors (Lipinski definition) is 3. The molecule has 0 heterocycles. The maximum absolute atomic E-state index is 12.7. The summed E-state index contributed by atoms with van der Waals surface area (Å²) in [6.45, 7) is -0.0936. The summed E-state index contributed by atoms with van der Waals surface area (Å²) in [4.78, 5) is 24.0. The molecule has 3 N–H and O–H groups in total. The number of alkyl halides is 1. The van der Waals surface area contributed by atoms with Gasteiger partial charge in [0.1, 0.15) is 5.88 Å². The van der Waals surface area contributed by atoms with Crippen molar-refractivity contribution in [2.45, 2.75) is 12.3 Å². The zero-order valence-electron chi connectivity index (χ0n) is 14.9. The van der Waals surface area contributed by atoms with E-state index in [-0.39, 0.29) is 28.0 Å². The lowest BCUT2D eigenvalue weighted by atomic mass is 10.0. The molecule has 0 fully saturated rings. The molecule has 0 saturated carbocycles. The highest BCUT2D eigenvalue weighted by atomic mass is 35.5. The quantitative estimate of drug-likeness (QED) is 0.430. The van der Waals surface area contributed by atoms with Crippen LogP contribution < -0.4 is 10.6 Å². The molecule has 2 amide bonds. The zero-order valence-corrected chi connectivity index (χ0v) is 17.2. The second-order valence-corrected chi connectivity index (χ2v) is 6.91. The van der Waals surface area contributed by atoms with E-state index in [1.807, 2.05) is 30.3 Å². The summed E-state index contributed by atoms with van der Waals surface area (Å²) in [5, 5.41) is 15.3. The van der Waals surface area contributed by atoms with Crippen LogP contribution in [-0.4, -0.2) is 48.8 Å². The van der Waals surface area contributed by atoms with Gasteiger partial charge in [0.2, 0.25) is 5.91 Å². The maximum atomic E-state index is 12.7. The third kappa shape index (κ3) is 5.83. The van der Waals surface area contributed by atoms with Crippen LogP contribution in [0.5, 0.6) is 0 Å². The monoisotopic (exact) mass is 444 g/mol. The van der Waals surface area contributed by atoms with Crippen molar-refractivity contribution in [2.24, 2.45) is 0 Å². The molecule has 0 bridgehead atoms. The summed E-state index contributed by atoms with van der Waals surface area (Å²) >= 11 is 18.0. The molecule has 2 aromatic rings. The predicted octanol–water partition coefficient (Wildman–Crippen LogP) is 3.08. The Balaban J connectivity index is 2.23. The van der Waals surface area contributed by atoms with Crippen molar-refractivity contribution in [1.29, 1.82) is 0 Å². The van der Waals surface area contributed by atoms with Crippen molar-refractivity contribution < 1.29 is 19.4 Å². The molecule has 0 spiro atoms. The van der Waals surface area contributed by atoms with Gasteiger partial charge in [-0.15, -0.1) is 11.6 Å². The van der Waals surface area contributed by atoms with Crippen molar-refractivity contribution in [2.75, 3.05) is 19.5 Å². The summed E-state index contributed by atoms with van der Waals surface area (Å²) in [7, 11) is 1.27. The number of nitrogens with one attached hydrogen (secondary N) is 2. The minimum atomic E-state index is -1.36. The van der Waals surface area contributed by atoms with Gasteiger partial charge in [0, 0.05) is 13.7 Å². The Morgan fingerprint density at radius 1 is 1.11 bits per heavy atom.